The molecule has 0 aliphatic heterocycles. The van der Waals surface area contributed by atoms with E-state index in [2.05, 4.69) is 0 Å². The minimum Gasteiger partial charge on any atom is -0.497 e. The highest BCUT2D eigenvalue weighted by Crippen LogP contribution is 2.28. The molecule has 0 N–H and O–H groups in total. The van der Waals surface area contributed by atoms with E-state index in [1.165, 1.54) is 6.92 Å². The Morgan fingerprint density at radius 1 is 1.19 bits per heavy atom. The van der Waals surface area contributed by atoms with Crippen LogP contribution in [0.15, 0.2) is 36.4 Å². The molecule has 0 saturated carbocycles. The lowest BCUT2D eigenvalue weighted by Crippen LogP contribution is -2.01. The summed E-state index contributed by atoms with van der Waals surface area (Å²) in [5, 5.41) is 1.89. The van der Waals surface area contributed by atoms with E-state index in [4.69, 9.17) is 9.47 Å². The van der Waals surface area contributed by atoms with Gasteiger partial charge in [0, 0.05) is 12.3 Å². The highest BCUT2D eigenvalue weighted by atomic mass is 16.5. The molecular formula is C13H12O3. The van der Waals surface area contributed by atoms with Gasteiger partial charge in [-0.15, -0.1) is 0 Å². The van der Waals surface area contributed by atoms with E-state index < -0.39 is 0 Å². The van der Waals surface area contributed by atoms with Crippen molar-refractivity contribution < 1.29 is 14.3 Å². The molecular weight excluding hydrogens is 204 g/mol. The second-order valence-corrected chi connectivity index (χ2v) is 3.44. The fourth-order valence-corrected chi connectivity index (χ4v) is 1.60. The summed E-state index contributed by atoms with van der Waals surface area (Å²) in [6.45, 7) is 1.39. The lowest BCUT2D eigenvalue weighted by Gasteiger charge is -2.07. The number of carbonyl (C=O) groups is 1. The summed E-state index contributed by atoms with van der Waals surface area (Å²) in [6.07, 6.45) is 0. The first-order valence-corrected chi connectivity index (χ1v) is 4.96. The van der Waals surface area contributed by atoms with Crippen LogP contribution in [0, 0.1) is 0 Å². The van der Waals surface area contributed by atoms with Crippen LogP contribution < -0.4 is 9.47 Å². The smallest absolute Gasteiger partial charge is 0.308 e. The Hall–Kier alpha value is -2.03. The van der Waals surface area contributed by atoms with Crippen LogP contribution in [0.5, 0.6) is 11.5 Å². The Morgan fingerprint density at radius 2 is 2.00 bits per heavy atom. The van der Waals surface area contributed by atoms with E-state index in [-0.39, 0.29) is 5.97 Å². The van der Waals surface area contributed by atoms with Crippen molar-refractivity contribution in [3.8, 4) is 11.5 Å². The molecule has 0 radical (unpaired) electrons. The molecule has 0 heterocycles. The van der Waals surface area contributed by atoms with Crippen LogP contribution in [0.3, 0.4) is 0 Å². The fourth-order valence-electron chi connectivity index (χ4n) is 1.60. The molecule has 0 saturated heterocycles. The summed E-state index contributed by atoms with van der Waals surface area (Å²) in [6, 6.07) is 11.2. The zero-order valence-electron chi connectivity index (χ0n) is 9.19. The number of ether oxygens (including phenoxy) is 2. The lowest BCUT2D eigenvalue weighted by atomic mass is 10.1. The van der Waals surface area contributed by atoms with Gasteiger partial charge in [0.25, 0.3) is 0 Å². The Bertz CT molecular complexity index is 532. The number of benzene rings is 2. The lowest BCUT2D eigenvalue weighted by molar-refractivity contribution is -0.131. The third-order valence-corrected chi connectivity index (χ3v) is 2.30. The van der Waals surface area contributed by atoms with Gasteiger partial charge in [0.1, 0.15) is 11.5 Å². The maximum absolute atomic E-state index is 10.9. The van der Waals surface area contributed by atoms with Crippen molar-refractivity contribution in [1.29, 1.82) is 0 Å². The number of hydrogen-bond acceptors (Lipinski definition) is 3. The largest absolute Gasteiger partial charge is 0.497 e. The molecule has 2 aromatic rings. The van der Waals surface area contributed by atoms with Crippen molar-refractivity contribution in [3.63, 3.8) is 0 Å². The fraction of sp³-hybridized carbons (Fsp3) is 0.154. The van der Waals surface area contributed by atoms with E-state index in [1.807, 2.05) is 30.3 Å². The van der Waals surface area contributed by atoms with Crippen LogP contribution in [0.4, 0.5) is 0 Å². The molecule has 3 nitrogen and oxygen atoms in total. The van der Waals surface area contributed by atoms with Crippen LogP contribution in [0.2, 0.25) is 0 Å². The number of hydrogen-bond donors (Lipinski definition) is 0. The molecule has 0 fully saturated rings. The molecule has 0 bridgehead atoms. The van der Waals surface area contributed by atoms with Crippen LogP contribution in [0.1, 0.15) is 6.92 Å². The van der Waals surface area contributed by atoms with Gasteiger partial charge in [0.2, 0.25) is 0 Å². The average Bonchev–Trinajstić information content (AvgIpc) is 2.28. The predicted molar refractivity (Wildman–Crippen MR) is 61.8 cm³/mol. The molecule has 0 spiro atoms. The topological polar surface area (TPSA) is 35.5 Å². The maximum Gasteiger partial charge on any atom is 0.308 e. The SMILES string of the molecule is COc1ccc2c(OC(C)=O)cccc2c1. The van der Waals surface area contributed by atoms with E-state index >= 15 is 0 Å². The van der Waals surface area contributed by atoms with E-state index in [0.29, 0.717) is 5.75 Å². The Labute approximate surface area is 93.6 Å². The Morgan fingerprint density at radius 3 is 2.69 bits per heavy atom. The summed E-state index contributed by atoms with van der Waals surface area (Å²) in [4.78, 5) is 10.9. The van der Waals surface area contributed by atoms with Gasteiger partial charge < -0.3 is 9.47 Å². The predicted octanol–water partition coefficient (Wildman–Crippen LogP) is 2.77. The first-order chi connectivity index (χ1) is 7.70. The quantitative estimate of drug-likeness (QED) is 0.572. The van der Waals surface area contributed by atoms with Gasteiger partial charge in [-0.1, -0.05) is 12.1 Å². The van der Waals surface area contributed by atoms with Gasteiger partial charge in [-0.05, 0) is 29.7 Å². The van der Waals surface area contributed by atoms with Crippen molar-refractivity contribution in [2.75, 3.05) is 7.11 Å². The molecule has 0 aromatic heterocycles. The summed E-state index contributed by atoms with van der Waals surface area (Å²) in [5.74, 6) is 1.04. The van der Waals surface area contributed by atoms with Gasteiger partial charge in [-0.3, -0.25) is 4.79 Å². The maximum atomic E-state index is 10.9. The van der Waals surface area contributed by atoms with Gasteiger partial charge in [-0.2, -0.15) is 0 Å². The zero-order valence-corrected chi connectivity index (χ0v) is 9.19. The van der Waals surface area contributed by atoms with Crippen LogP contribution >= 0.6 is 0 Å². The van der Waals surface area contributed by atoms with Crippen molar-refractivity contribution >= 4 is 16.7 Å². The van der Waals surface area contributed by atoms with E-state index in [1.54, 1.807) is 13.2 Å². The van der Waals surface area contributed by atoms with Gasteiger partial charge in [0.15, 0.2) is 0 Å². The second kappa shape index (κ2) is 4.23. The number of carbonyl (C=O) groups excluding carboxylic acids is 1. The third kappa shape index (κ3) is 1.98. The molecule has 3 heteroatoms. The van der Waals surface area contributed by atoms with Crippen molar-refractivity contribution in [2.45, 2.75) is 6.92 Å². The highest BCUT2D eigenvalue weighted by molar-refractivity contribution is 5.91. The minimum absolute atomic E-state index is 0.316. The first-order valence-electron chi connectivity index (χ1n) is 4.96. The Kier molecular flexibility index (Phi) is 2.77. The van der Waals surface area contributed by atoms with Gasteiger partial charge >= 0.3 is 5.97 Å². The number of methoxy groups -OCH3 is 1. The summed E-state index contributed by atoms with van der Waals surface area (Å²) in [5.41, 5.74) is 0. The average molecular weight is 216 g/mol. The van der Waals surface area contributed by atoms with Crippen LogP contribution in [0.25, 0.3) is 10.8 Å². The van der Waals surface area contributed by atoms with E-state index in [0.717, 1.165) is 16.5 Å². The third-order valence-electron chi connectivity index (χ3n) is 2.30. The second-order valence-electron chi connectivity index (χ2n) is 3.44. The normalized spacial score (nSPS) is 10.1. The monoisotopic (exact) mass is 216 g/mol. The van der Waals surface area contributed by atoms with Crippen molar-refractivity contribution in [3.05, 3.63) is 36.4 Å². The molecule has 2 rings (SSSR count). The van der Waals surface area contributed by atoms with Crippen molar-refractivity contribution in [1.82, 2.24) is 0 Å². The van der Waals surface area contributed by atoms with Crippen LogP contribution in [-0.2, 0) is 4.79 Å². The molecule has 0 amide bonds. The minimum atomic E-state index is -0.316. The van der Waals surface area contributed by atoms with Gasteiger partial charge in [0.05, 0.1) is 7.11 Å². The molecule has 16 heavy (non-hydrogen) atoms. The number of esters is 1. The van der Waals surface area contributed by atoms with Crippen LogP contribution in [-0.4, -0.2) is 13.1 Å². The molecule has 0 aliphatic rings. The zero-order chi connectivity index (χ0) is 11.5. The Balaban J connectivity index is 2.55. The molecule has 0 unspecified atom stereocenters. The molecule has 0 aliphatic carbocycles. The summed E-state index contributed by atoms with van der Waals surface area (Å²) < 4.78 is 10.3. The first kappa shape index (κ1) is 10.5. The van der Waals surface area contributed by atoms with E-state index in [9.17, 15) is 4.79 Å². The summed E-state index contributed by atoms with van der Waals surface area (Å²) >= 11 is 0. The number of rotatable bonds is 2. The molecule has 2 aromatic carbocycles. The number of fused-ring (bicyclic) bond motifs is 1. The highest BCUT2D eigenvalue weighted by Gasteiger charge is 2.04. The van der Waals surface area contributed by atoms with Gasteiger partial charge in [-0.25, -0.2) is 0 Å². The van der Waals surface area contributed by atoms with Crippen molar-refractivity contribution in [2.24, 2.45) is 0 Å². The molecule has 0 atom stereocenters. The molecule has 82 valence electrons. The standard InChI is InChI=1S/C13H12O3/c1-9(14)16-13-5-3-4-10-8-11(15-2)6-7-12(10)13/h3-8H,1-2H3. The summed E-state index contributed by atoms with van der Waals surface area (Å²) in [7, 11) is 1.62.